The van der Waals surface area contributed by atoms with Crippen LogP contribution in [0.15, 0.2) is 29.4 Å². The molecule has 0 aromatic carbocycles. The predicted octanol–water partition coefficient (Wildman–Crippen LogP) is -1.29. The summed E-state index contributed by atoms with van der Waals surface area (Å²) in [5, 5.41) is 27.4. The molecule has 31 heavy (non-hydrogen) atoms. The number of aliphatic hydroxyl groups excluding tert-OH is 1. The minimum absolute atomic E-state index is 0.0423. The summed E-state index contributed by atoms with van der Waals surface area (Å²) in [6.07, 6.45) is -1.22. The molecule has 3 aromatic heterocycles. The fourth-order valence-electron chi connectivity index (χ4n) is 2.69. The Hall–Kier alpha value is -3.85. The molecule has 3 rings (SSSR count). The number of nitrogens with zero attached hydrogens (tertiary/aromatic N) is 5. The number of rotatable bonds is 7. The van der Waals surface area contributed by atoms with E-state index in [-0.39, 0.29) is 36.4 Å². The lowest BCUT2D eigenvalue weighted by Crippen LogP contribution is -2.30. The summed E-state index contributed by atoms with van der Waals surface area (Å²) in [7, 11) is 1.37. The maximum Gasteiger partial charge on any atom is 0.329 e. The van der Waals surface area contributed by atoms with E-state index >= 15 is 0 Å². The molecule has 15 nitrogen and oxygen atoms in total. The summed E-state index contributed by atoms with van der Waals surface area (Å²) in [6.45, 7) is 3.31. The first-order chi connectivity index (χ1) is 14.6. The lowest BCUT2D eigenvalue weighted by molar-refractivity contribution is -0.000143. The van der Waals surface area contributed by atoms with Crippen LogP contribution in [0.4, 0.5) is 11.6 Å². The Balaban J connectivity index is 2.14. The minimum atomic E-state index is -1.07. The van der Waals surface area contributed by atoms with Crippen LogP contribution in [0.5, 0.6) is 5.88 Å². The first-order valence-electron chi connectivity index (χ1n) is 9.05. The molecule has 0 bridgehead atoms. The molecular formula is C16H20N8O7. The van der Waals surface area contributed by atoms with E-state index < -0.39 is 40.2 Å². The Morgan fingerprint density at radius 1 is 1.10 bits per heavy atom. The highest BCUT2D eigenvalue weighted by molar-refractivity contribution is 5.73. The van der Waals surface area contributed by atoms with Crippen molar-refractivity contribution in [3.63, 3.8) is 0 Å². The fraction of sp³-hybridized carbons (Fsp3) is 0.438. The van der Waals surface area contributed by atoms with Gasteiger partial charge in [0.15, 0.2) is 11.2 Å². The maximum absolute atomic E-state index is 12.4. The summed E-state index contributed by atoms with van der Waals surface area (Å²) >= 11 is 0. The van der Waals surface area contributed by atoms with Gasteiger partial charge in [0, 0.05) is 7.05 Å². The molecule has 0 unspecified atom stereocenters. The zero-order chi connectivity index (χ0) is 22.9. The third-order valence-electron chi connectivity index (χ3n) is 4.14. The number of aryl methyl sites for hydroxylation is 1. The van der Waals surface area contributed by atoms with Crippen molar-refractivity contribution in [3.05, 3.63) is 41.7 Å². The molecule has 3 aromatic rings. The van der Waals surface area contributed by atoms with E-state index in [2.05, 4.69) is 20.2 Å². The Labute approximate surface area is 171 Å². The van der Waals surface area contributed by atoms with Crippen molar-refractivity contribution in [2.24, 2.45) is 17.3 Å². The summed E-state index contributed by atoms with van der Waals surface area (Å²) in [4.78, 5) is 57.4. The molecule has 0 spiro atoms. The number of aliphatic hydroxyl groups is 1. The van der Waals surface area contributed by atoms with E-state index in [1.807, 2.05) is 9.97 Å². The maximum atomic E-state index is 12.4. The smallest absolute Gasteiger partial charge is 0.329 e. The number of aromatic nitrogens is 6. The van der Waals surface area contributed by atoms with Crippen molar-refractivity contribution in [2.75, 3.05) is 6.61 Å². The van der Waals surface area contributed by atoms with Gasteiger partial charge in [-0.05, 0) is 13.8 Å². The number of aromatic amines is 3. The van der Waals surface area contributed by atoms with Crippen molar-refractivity contribution in [1.82, 2.24) is 29.1 Å². The Morgan fingerprint density at radius 3 is 2.45 bits per heavy atom. The van der Waals surface area contributed by atoms with Crippen molar-refractivity contribution in [2.45, 2.75) is 32.6 Å². The number of ether oxygens (including phenoxy) is 1. The van der Waals surface area contributed by atoms with E-state index in [9.17, 15) is 29.4 Å². The lowest BCUT2D eigenvalue weighted by Gasteiger charge is -2.15. The molecule has 0 aliphatic rings. The number of aromatic hydroxyl groups is 1. The van der Waals surface area contributed by atoms with Gasteiger partial charge in [0.05, 0.1) is 25.4 Å². The Bertz CT molecular complexity index is 1370. The number of nitrogens with one attached hydrogen (secondary N) is 3. The van der Waals surface area contributed by atoms with E-state index in [1.54, 1.807) is 13.8 Å². The van der Waals surface area contributed by atoms with Crippen LogP contribution in [0.1, 0.15) is 13.8 Å². The molecule has 0 fully saturated rings. The molecule has 5 N–H and O–H groups in total. The zero-order valence-corrected chi connectivity index (χ0v) is 16.7. The number of azo groups is 1. The molecule has 0 saturated heterocycles. The lowest BCUT2D eigenvalue weighted by atomic mass is 10.3. The number of H-pyrrole nitrogens is 3. The summed E-state index contributed by atoms with van der Waals surface area (Å²) in [5.41, 5.74) is -4.16. The number of hydrogen-bond acceptors (Lipinski definition) is 10. The summed E-state index contributed by atoms with van der Waals surface area (Å²) in [6, 6.07) is 0. The number of imidazole rings is 1. The van der Waals surface area contributed by atoms with Crippen LogP contribution >= 0.6 is 0 Å². The van der Waals surface area contributed by atoms with Gasteiger partial charge in [-0.25, -0.2) is 9.59 Å². The highest BCUT2D eigenvalue weighted by Crippen LogP contribution is 2.23. The highest BCUT2D eigenvalue weighted by atomic mass is 16.5. The molecule has 3 heterocycles. The van der Waals surface area contributed by atoms with Crippen LogP contribution in [-0.4, -0.2) is 58.1 Å². The molecule has 15 heteroatoms. The molecule has 0 aliphatic carbocycles. The largest absolute Gasteiger partial charge is 0.493 e. The van der Waals surface area contributed by atoms with Crippen LogP contribution in [0.25, 0.3) is 11.2 Å². The van der Waals surface area contributed by atoms with Gasteiger partial charge in [-0.15, -0.1) is 10.2 Å². The Kier molecular flexibility index (Phi) is 5.98. The van der Waals surface area contributed by atoms with Gasteiger partial charge in [-0.1, -0.05) is 0 Å². The van der Waals surface area contributed by atoms with Gasteiger partial charge < -0.3 is 14.9 Å². The van der Waals surface area contributed by atoms with Crippen LogP contribution in [-0.2, 0) is 18.3 Å². The Morgan fingerprint density at radius 2 is 1.81 bits per heavy atom. The molecule has 0 amide bonds. The molecular weight excluding hydrogens is 416 g/mol. The van der Waals surface area contributed by atoms with Crippen molar-refractivity contribution in [1.29, 1.82) is 0 Å². The van der Waals surface area contributed by atoms with E-state index in [0.29, 0.717) is 0 Å². The van der Waals surface area contributed by atoms with Crippen LogP contribution in [0.2, 0.25) is 0 Å². The van der Waals surface area contributed by atoms with Gasteiger partial charge in [-0.3, -0.25) is 33.7 Å². The number of hydrogen-bond donors (Lipinski definition) is 5. The fourth-order valence-corrected chi connectivity index (χ4v) is 2.69. The predicted molar refractivity (Wildman–Crippen MR) is 106 cm³/mol. The average Bonchev–Trinajstić information content (AvgIpc) is 3.02. The van der Waals surface area contributed by atoms with Gasteiger partial charge >= 0.3 is 11.4 Å². The summed E-state index contributed by atoms with van der Waals surface area (Å²) in [5.74, 6) is -1.06. The van der Waals surface area contributed by atoms with Crippen LogP contribution < -0.4 is 22.5 Å². The van der Waals surface area contributed by atoms with Crippen LogP contribution in [0, 0.1) is 0 Å². The molecule has 0 saturated carbocycles. The quantitative estimate of drug-likeness (QED) is 0.280. The SMILES string of the molecule is CC(C)OC[C@H](O)Cn1c(N=Nc2c(O)[nH]c(=O)[nH]c2=O)nc2c1c(=O)[nH]c(=O)n2C. The first kappa shape index (κ1) is 21.8. The van der Waals surface area contributed by atoms with E-state index in [1.165, 1.54) is 11.6 Å². The second-order valence-electron chi connectivity index (χ2n) is 6.85. The highest BCUT2D eigenvalue weighted by Gasteiger charge is 2.20. The molecule has 0 aliphatic heterocycles. The second-order valence-corrected chi connectivity index (χ2v) is 6.85. The third-order valence-corrected chi connectivity index (χ3v) is 4.14. The topological polar surface area (TPSA) is 213 Å². The van der Waals surface area contributed by atoms with Crippen molar-refractivity contribution >= 4 is 22.8 Å². The molecule has 166 valence electrons. The first-order valence-corrected chi connectivity index (χ1v) is 9.05. The minimum Gasteiger partial charge on any atom is -0.493 e. The second kappa shape index (κ2) is 8.49. The molecule has 0 radical (unpaired) electrons. The normalized spacial score (nSPS) is 12.9. The zero-order valence-electron chi connectivity index (χ0n) is 16.7. The van der Waals surface area contributed by atoms with Gasteiger partial charge in [0.25, 0.3) is 17.1 Å². The third kappa shape index (κ3) is 4.51. The van der Waals surface area contributed by atoms with Crippen LogP contribution in [0.3, 0.4) is 0 Å². The van der Waals surface area contributed by atoms with E-state index in [4.69, 9.17) is 4.74 Å². The molecule has 1 atom stereocenters. The van der Waals surface area contributed by atoms with Crippen molar-refractivity contribution < 1.29 is 14.9 Å². The standard InChI is InChI=1S/C16H20N8O7/c1-6(2)31-5-7(25)4-24-9-10(23(3)16(30)20-13(9)28)17-14(24)22-21-8-11(26)18-15(29)19-12(8)27/h6-7,25H,4-5H2,1-3H3,(H,20,28,30)(H3,18,19,26,27,29)/t7-/m1/s1. The number of fused-ring (bicyclic) bond motifs is 1. The summed E-state index contributed by atoms with van der Waals surface area (Å²) < 4.78 is 7.62. The van der Waals surface area contributed by atoms with Gasteiger partial charge in [-0.2, -0.15) is 4.98 Å². The van der Waals surface area contributed by atoms with E-state index in [0.717, 1.165) is 4.57 Å². The van der Waals surface area contributed by atoms with Crippen molar-refractivity contribution in [3.8, 4) is 5.88 Å². The average molecular weight is 436 g/mol. The van der Waals surface area contributed by atoms with Gasteiger partial charge in [0.1, 0.15) is 0 Å². The monoisotopic (exact) mass is 436 g/mol. The van der Waals surface area contributed by atoms with Gasteiger partial charge in [0.2, 0.25) is 11.6 Å².